The van der Waals surface area contributed by atoms with E-state index in [-0.39, 0.29) is 18.2 Å². The molecule has 3 N–H and O–H groups in total. The Morgan fingerprint density at radius 1 is 0.750 bits per heavy atom. The molecule has 0 aliphatic heterocycles. The molecule has 0 bridgehead atoms. The number of nitrogens with one attached hydrogen (secondary N) is 3. The first kappa shape index (κ1) is 24.9. The van der Waals surface area contributed by atoms with E-state index in [9.17, 15) is 14.4 Å². The van der Waals surface area contributed by atoms with E-state index in [2.05, 4.69) is 16.0 Å². The minimum Gasteiger partial charge on any atom is -0.343 e. The summed E-state index contributed by atoms with van der Waals surface area (Å²) >= 11 is 6.00. The maximum atomic E-state index is 13.2. The highest BCUT2D eigenvalue weighted by Crippen LogP contribution is 2.16. The SMILES string of the molecule is C[C@H](NC(=O)[C@H](Cc1ccc(Cl)cc1)NC(=O)c1ccc2ccccc2c1)C(=O)Nc1ccccc1. The number of para-hydroxylation sites is 1. The summed E-state index contributed by atoms with van der Waals surface area (Å²) in [6, 6.07) is 27.5. The summed E-state index contributed by atoms with van der Waals surface area (Å²) in [4.78, 5) is 39.0. The number of benzene rings is 4. The second-order valence-corrected chi connectivity index (χ2v) is 8.94. The third kappa shape index (κ3) is 6.49. The third-order valence-corrected chi connectivity index (χ3v) is 6.03. The predicted molar refractivity (Wildman–Crippen MR) is 143 cm³/mol. The van der Waals surface area contributed by atoms with Crippen LogP contribution in [0, 0.1) is 0 Å². The molecule has 2 atom stereocenters. The van der Waals surface area contributed by atoms with Gasteiger partial charge in [0.1, 0.15) is 12.1 Å². The van der Waals surface area contributed by atoms with Gasteiger partial charge < -0.3 is 16.0 Å². The second kappa shape index (κ2) is 11.5. The van der Waals surface area contributed by atoms with Gasteiger partial charge in [0.15, 0.2) is 0 Å². The number of amides is 3. The van der Waals surface area contributed by atoms with Gasteiger partial charge >= 0.3 is 0 Å². The van der Waals surface area contributed by atoms with E-state index in [4.69, 9.17) is 11.6 Å². The van der Waals surface area contributed by atoms with Gasteiger partial charge in [-0.25, -0.2) is 0 Å². The van der Waals surface area contributed by atoms with Gasteiger partial charge in [0, 0.05) is 22.7 Å². The molecule has 6 nitrogen and oxygen atoms in total. The molecule has 0 saturated carbocycles. The summed E-state index contributed by atoms with van der Waals surface area (Å²) in [5.41, 5.74) is 1.89. The number of halogens is 1. The van der Waals surface area contributed by atoms with Crippen LogP contribution >= 0.6 is 11.6 Å². The molecular formula is C29H26ClN3O3. The maximum Gasteiger partial charge on any atom is 0.251 e. The summed E-state index contributed by atoms with van der Waals surface area (Å²) in [5.74, 6) is -1.20. The van der Waals surface area contributed by atoms with Crippen molar-refractivity contribution < 1.29 is 14.4 Å². The van der Waals surface area contributed by atoms with Crippen LogP contribution in [0.1, 0.15) is 22.8 Å². The number of carbonyl (C=O) groups is 3. The Morgan fingerprint density at radius 2 is 1.42 bits per heavy atom. The van der Waals surface area contributed by atoms with Crippen LogP contribution in [0.25, 0.3) is 10.8 Å². The van der Waals surface area contributed by atoms with Crippen LogP contribution in [-0.4, -0.2) is 29.8 Å². The summed E-state index contributed by atoms with van der Waals surface area (Å²) in [6.45, 7) is 1.60. The topological polar surface area (TPSA) is 87.3 Å². The molecule has 0 radical (unpaired) electrons. The number of hydrogen-bond acceptors (Lipinski definition) is 3. The molecule has 0 spiro atoms. The van der Waals surface area contributed by atoms with Crippen LogP contribution in [0.4, 0.5) is 5.69 Å². The van der Waals surface area contributed by atoms with Crippen molar-refractivity contribution in [2.45, 2.75) is 25.4 Å². The number of fused-ring (bicyclic) bond motifs is 1. The minimum atomic E-state index is -0.905. The molecule has 3 amide bonds. The number of anilines is 1. The van der Waals surface area contributed by atoms with Gasteiger partial charge in [0.05, 0.1) is 0 Å². The molecule has 0 unspecified atom stereocenters. The van der Waals surface area contributed by atoms with Crippen molar-refractivity contribution in [2.24, 2.45) is 0 Å². The van der Waals surface area contributed by atoms with Gasteiger partial charge in [0.2, 0.25) is 11.8 Å². The third-order valence-electron chi connectivity index (χ3n) is 5.78. The lowest BCUT2D eigenvalue weighted by Gasteiger charge is -2.21. The lowest BCUT2D eigenvalue weighted by molar-refractivity contribution is -0.127. The molecule has 182 valence electrons. The first-order valence-corrected chi connectivity index (χ1v) is 12.0. The monoisotopic (exact) mass is 499 g/mol. The molecular weight excluding hydrogens is 474 g/mol. The normalized spacial score (nSPS) is 12.4. The molecule has 36 heavy (non-hydrogen) atoms. The van der Waals surface area contributed by atoms with Crippen molar-refractivity contribution >= 4 is 45.8 Å². The molecule has 7 heteroatoms. The smallest absolute Gasteiger partial charge is 0.251 e. The lowest BCUT2D eigenvalue weighted by atomic mass is 10.0. The van der Waals surface area contributed by atoms with Crippen molar-refractivity contribution in [3.8, 4) is 0 Å². The Hall–Kier alpha value is -4.16. The average molecular weight is 500 g/mol. The number of hydrogen-bond donors (Lipinski definition) is 3. The first-order chi connectivity index (χ1) is 17.4. The fraction of sp³-hybridized carbons (Fsp3) is 0.138. The standard InChI is InChI=1S/C29H26ClN3O3/c1-19(27(34)32-25-9-3-2-4-10-25)31-29(36)26(17-20-11-15-24(30)16-12-20)33-28(35)23-14-13-21-7-5-6-8-22(21)18-23/h2-16,18-19,26H,17H2,1H3,(H,31,36)(H,32,34)(H,33,35)/t19-,26-/m0/s1. The molecule has 4 rings (SSSR count). The van der Waals surface area contributed by atoms with Crippen molar-refractivity contribution in [1.82, 2.24) is 10.6 Å². The highest BCUT2D eigenvalue weighted by Gasteiger charge is 2.25. The number of carbonyl (C=O) groups excluding carboxylic acids is 3. The largest absolute Gasteiger partial charge is 0.343 e. The minimum absolute atomic E-state index is 0.231. The number of rotatable bonds is 8. The molecule has 0 fully saturated rings. The lowest BCUT2D eigenvalue weighted by Crippen LogP contribution is -2.52. The van der Waals surface area contributed by atoms with Crippen molar-refractivity contribution in [3.05, 3.63) is 113 Å². The van der Waals surface area contributed by atoms with Gasteiger partial charge in [-0.05, 0) is 59.7 Å². The summed E-state index contributed by atoms with van der Waals surface area (Å²) < 4.78 is 0. The van der Waals surface area contributed by atoms with E-state index in [1.165, 1.54) is 0 Å². The fourth-order valence-corrected chi connectivity index (χ4v) is 3.92. The molecule has 4 aromatic rings. The maximum absolute atomic E-state index is 13.2. The summed E-state index contributed by atoms with van der Waals surface area (Å²) in [5, 5.41) is 10.9. The zero-order valence-corrected chi connectivity index (χ0v) is 20.5. The Bertz CT molecular complexity index is 1370. The van der Waals surface area contributed by atoms with Crippen LogP contribution in [0.3, 0.4) is 0 Å². The summed E-state index contributed by atoms with van der Waals surface area (Å²) in [7, 11) is 0. The fourth-order valence-electron chi connectivity index (χ4n) is 3.79. The zero-order valence-electron chi connectivity index (χ0n) is 19.7. The van der Waals surface area contributed by atoms with E-state index >= 15 is 0 Å². The second-order valence-electron chi connectivity index (χ2n) is 8.50. The van der Waals surface area contributed by atoms with E-state index < -0.39 is 18.0 Å². The van der Waals surface area contributed by atoms with Crippen LogP contribution in [0.2, 0.25) is 5.02 Å². The van der Waals surface area contributed by atoms with Crippen LogP contribution < -0.4 is 16.0 Å². The zero-order chi connectivity index (χ0) is 25.5. The van der Waals surface area contributed by atoms with Crippen LogP contribution in [0.15, 0.2) is 97.1 Å². The van der Waals surface area contributed by atoms with E-state index in [0.29, 0.717) is 16.3 Å². The van der Waals surface area contributed by atoms with Crippen molar-refractivity contribution in [2.75, 3.05) is 5.32 Å². The van der Waals surface area contributed by atoms with Gasteiger partial charge in [-0.1, -0.05) is 72.3 Å². The van der Waals surface area contributed by atoms with Crippen molar-refractivity contribution in [3.63, 3.8) is 0 Å². The van der Waals surface area contributed by atoms with Crippen LogP contribution in [-0.2, 0) is 16.0 Å². The highest BCUT2D eigenvalue weighted by atomic mass is 35.5. The molecule has 0 aliphatic rings. The van der Waals surface area contributed by atoms with E-state index in [1.807, 2.05) is 48.5 Å². The predicted octanol–water partition coefficient (Wildman–Crippen LogP) is 4.98. The highest BCUT2D eigenvalue weighted by molar-refractivity contribution is 6.30. The van der Waals surface area contributed by atoms with Crippen molar-refractivity contribution in [1.29, 1.82) is 0 Å². The van der Waals surface area contributed by atoms with Gasteiger partial charge in [-0.3, -0.25) is 14.4 Å². The van der Waals surface area contributed by atoms with Gasteiger partial charge in [-0.15, -0.1) is 0 Å². The molecule has 0 aromatic heterocycles. The first-order valence-electron chi connectivity index (χ1n) is 11.6. The van der Waals surface area contributed by atoms with Gasteiger partial charge in [0.25, 0.3) is 5.91 Å². The van der Waals surface area contributed by atoms with E-state index in [0.717, 1.165) is 16.3 Å². The Balaban J connectivity index is 1.49. The Morgan fingerprint density at radius 3 is 2.14 bits per heavy atom. The Labute approximate surface area is 214 Å². The van der Waals surface area contributed by atoms with Crippen LogP contribution in [0.5, 0.6) is 0 Å². The average Bonchev–Trinajstić information content (AvgIpc) is 2.89. The molecule has 0 saturated heterocycles. The molecule has 4 aromatic carbocycles. The molecule has 0 aliphatic carbocycles. The quantitative estimate of drug-likeness (QED) is 0.319. The summed E-state index contributed by atoms with van der Waals surface area (Å²) in [6.07, 6.45) is 0.231. The van der Waals surface area contributed by atoms with E-state index in [1.54, 1.807) is 55.5 Å². The molecule has 0 heterocycles. The Kier molecular flexibility index (Phi) is 7.98. The van der Waals surface area contributed by atoms with Gasteiger partial charge in [-0.2, -0.15) is 0 Å².